The third kappa shape index (κ3) is 11.4. The summed E-state index contributed by atoms with van der Waals surface area (Å²) in [5, 5.41) is 17.0. The fraction of sp³-hybridized carbons (Fsp3) is 0.571. The van der Waals surface area contributed by atoms with E-state index in [1.165, 1.54) is 12.5 Å². The van der Waals surface area contributed by atoms with E-state index in [2.05, 4.69) is 30.9 Å². The number of hydrogen-bond donors (Lipinski definition) is 9. The molecule has 0 aliphatic carbocycles. The molecule has 1 heterocycles. The topological polar surface area (TPSA) is 287 Å². The van der Waals surface area contributed by atoms with E-state index in [0.29, 0.717) is 5.69 Å². The molecule has 0 aliphatic heterocycles. The van der Waals surface area contributed by atoms with Gasteiger partial charge in [0.05, 0.1) is 18.8 Å². The van der Waals surface area contributed by atoms with Gasteiger partial charge in [-0.25, -0.2) is 9.78 Å². The first kappa shape index (κ1) is 30.8. The number of carbonyl (C=O) groups excluding carboxylic acids is 4. The number of carboxylic acid groups (broad SMARTS) is 1. The van der Waals surface area contributed by atoms with Crippen molar-refractivity contribution in [1.29, 1.82) is 0 Å². The maximum atomic E-state index is 13.1. The molecule has 0 fully saturated rings. The van der Waals surface area contributed by atoms with Crippen LogP contribution in [0.5, 0.6) is 0 Å². The molecule has 0 bridgehead atoms. The zero-order valence-corrected chi connectivity index (χ0v) is 20.8. The summed E-state index contributed by atoms with van der Waals surface area (Å²) >= 11 is 0. The summed E-state index contributed by atoms with van der Waals surface area (Å²) in [4.78, 5) is 71.6. The van der Waals surface area contributed by atoms with Crippen molar-refractivity contribution in [3.63, 3.8) is 0 Å². The van der Waals surface area contributed by atoms with Crippen molar-refractivity contribution in [3.8, 4) is 0 Å². The minimum absolute atomic E-state index is 0.0602. The molecule has 206 valence electrons. The van der Waals surface area contributed by atoms with Gasteiger partial charge in [-0.15, -0.1) is 0 Å². The first-order chi connectivity index (χ1) is 17.3. The van der Waals surface area contributed by atoms with Crippen LogP contribution in [0.4, 0.5) is 0 Å². The Morgan fingerprint density at radius 2 is 1.68 bits per heavy atom. The van der Waals surface area contributed by atoms with Crippen LogP contribution in [0.25, 0.3) is 0 Å². The maximum Gasteiger partial charge on any atom is 0.326 e. The monoisotopic (exact) mass is 524 g/mol. The van der Waals surface area contributed by atoms with E-state index in [-0.39, 0.29) is 31.8 Å². The van der Waals surface area contributed by atoms with E-state index >= 15 is 0 Å². The van der Waals surface area contributed by atoms with E-state index in [1.54, 1.807) is 13.8 Å². The number of carbonyl (C=O) groups is 5. The summed E-state index contributed by atoms with van der Waals surface area (Å²) in [6, 6.07) is -4.86. The zero-order valence-electron chi connectivity index (χ0n) is 20.8. The van der Waals surface area contributed by atoms with E-state index in [1.807, 2.05) is 0 Å². The van der Waals surface area contributed by atoms with Crippen LogP contribution >= 0.6 is 0 Å². The highest BCUT2D eigenvalue weighted by Gasteiger charge is 2.32. The molecule has 0 saturated heterocycles. The highest BCUT2D eigenvalue weighted by molar-refractivity contribution is 5.95. The van der Waals surface area contributed by atoms with Crippen molar-refractivity contribution in [2.24, 2.45) is 33.8 Å². The summed E-state index contributed by atoms with van der Waals surface area (Å²) in [7, 11) is 0. The lowest BCUT2D eigenvalue weighted by molar-refractivity contribution is -0.142. The Hall–Kier alpha value is -4.21. The lowest BCUT2D eigenvalue weighted by atomic mass is 10.0. The van der Waals surface area contributed by atoms with Gasteiger partial charge in [-0.1, -0.05) is 13.8 Å². The molecule has 0 saturated carbocycles. The number of primary amides is 1. The quantitative estimate of drug-likeness (QED) is 0.0581. The number of nitrogens with zero attached hydrogens (tertiary/aromatic N) is 2. The van der Waals surface area contributed by atoms with E-state index in [9.17, 15) is 29.1 Å². The predicted octanol–water partition coefficient (Wildman–Crippen LogP) is -3.60. The second kappa shape index (κ2) is 15.0. The molecule has 16 nitrogen and oxygen atoms in total. The van der Waals surface area contributed by atoms with Crippen molar-refractivity contribution in [2.45, 2.75) is 63.7 Å². The number of amides is 4. The molecular formula is C21H36N10O6. The maximum absolute atomic E-state index is 13.1. The number of nitrogens with one attached hydrogen (secondary N) is 4. The number of H-pyrrole nitrogens is 1. The molecule has 1 aromatic rings. The van der Waals surface area contributed by atoms with Crippen molar-refractivity contribution in [2.75, 3.05) is 6.54 Å². The minimum atomic E-state index is -1.31. The second-order valence-corrected chi connectivity index (χ2v) is 8.70. The van der Waals surface area contributed by atoms with Gasteiger partial charge in [0.15, 0.2) is 5.96 Å². The number of aliphatic imine (C=N–C) groups is 1. The Balaban J connectivity index is 3.01. The minimum Gasteiger partial charge on any atom is -0.480 e. The molecule has 4 atom stereocenters. The number of imidazole rings is 1. The zero-order chi connectivity index (χ0) is 28.1. The highest BCUT2D eigenvalue weighted by atomic mass is 16.4. The lowest BCUT2D eigenvalue weighted by Crippen LogP contribution is -2.58. The third-order valence-corrected chi connectivity index (χ3v) is 5.18. The molecular weight excluding hydrogens is 488 g/mol. The molecule has 1 rings (SSSR count). The van der Waals surface area contributed by atoms with Crippen molar-refractivity contribution in [3.05, 3.63) is 18.2 Å². The smallest absolute Gasteiger partial charge is 0.326 e. The molecule has 37 heavy (non-hydrogen) atoms. The standard InChI is InChI=1S/C21H36N10O6/c1-10(2)16(31-17(33)12(22)7-15(23)32)19(35)29-13(4-3-5-27-21(24)25)18(34)30-14(20(36)37)6-11-8-26-9-28-11/h8-10,12-14,16H,3-7,22H2,1-2H3,(H2,23,32)(H,26,28)(H,29,35)(H,30,34)(H,31,33)(H,36,37)(H4,24,25,27). The van der Waals surface area contributed by atoms with Crippen LogP contribution in [0.2, 0.25) is 0 Å². The number of aromatic amines is 1. The van der Waals surface area contributed by atoms with Gasteiger partial charge in [-0.3, -0.25) is 24.2 Å². The van der Waals surface area contributed by atoms with Crippen LogP contribution < -0.4 is 38.9 Å². The van der Waals surface area contributed by atoms with Crippen LogP contribution in [0, 0.1) is 5.92 Å². The summed E-state index contributed by atoms with van der Waals surface area (Å²) in [6.45, 7) is 3.47. The van der Waals surface area contributed by atoms with Gasteiger partial charge >= 0.3 is 5.97 Å². The van der Waals surface area contributed by atoms with Crippen molar-refractivity contribution >= 4 is 35.6 Å². The van der Waals surface area contributed by atoms with Gasteiger partial charge in [-0.05, 0) is 18.8 Å². The number of rotatable bonds is 16. The summed E-state index contributed by atoms with van der Waals surface area (Å²) in [5.41, 5.74) is 21.8. The Bertz CT molecular complexity index is 961. The van der Waals surface area contributed by atoms with Crippen LogP contribution in [0.1, 0.15) is 38.8 Å². The molecule has 0 aromatic carbocycles. The Labute approximate surface area is 213 Å². The average Bonchev–Trinajstić information content (AvgIpc) is 3.30. The van der Waals surface area contributed by atoms with E-state index in [4.69, 9.17) is 22.9 Å². The number of hydrogen-bond acceptors (Lipinski definition) is 8. The third-order valence-electron chi connectivity index (χ3n) is 5.18. The van der Waals surface area contributed by atoms with Gasteiger partial charge < -0.3 is 49.0 Å². The Morgan fingerprint density at radius 3 is 2.19 bits per heavy atom. The number of carboxylic acids is 1. The van der Waals surface area contributed by atoms with Crippen molar-refractivity contribution in [1.82, 2.24) is 25.9 Å². The first-order valence-electron chi connectivity index (χ1n) is 11.5. The van der Waals surface area contributed by atoms with Gasteiger partial charge in [-0.2, -0.15) is 0 Å². The lowest BCUT2D eigenvalue weighted by Gasteiger charge is -2.27. The number of aromatic nitrogens is 2. The van der Waals surface area contributed by atoms with Gasteiger partial charge in [0.25, 0.3) is 0 Å². The molecule has 13 N–H and O–H groups in total. The molecule has 1 aromatic heterocycles. The fourth-order valence-electron chi connectivity index (χ4n) is 3.23. The van der Waals surface area contributed by atoms with Gasteiger partial charge in [0.2, 0.25) is 23.6 Å². The van der Waals surface area contributed by atoms with Crippen molar-refractivity contribution < 1.29 is 29.1 Å². The predicted molar refractivity (Wildman–Crippen MR) is 132 cm³/mol. The largest absolute Gasteiger partial charge is 0.480 e. The summed E-state index contributed by atoms with van der Waals surface area (Å²) in [6.07, 6.45) is 2.65. The summed E-state index contributed by atoms with van der Waals surface area (Å²) < 4.78 is 0. The van der Waals surface area contributed by atoms with E-state index in [0.717, 1.165) is 0 Å². The highest BCUT2D eigenvalue weighted by Crippen LogP contribution is 2.07. The Kier molecular flexibility index (Phi) is 12.5. The second-order valence-electron chi connectivity index (χ2n) is 8.70. The molecule has 16 heteroatoms. The number of guanidine groups is 1. The van der Waals surface area contributed by atoms with Gasteiger partial charge in [0.1, 0.15) is 18.1 Å². The Morgan fingerprint density at radius 1 is 1.03 bits per heavy atom. The molecule has 4 unspecified atom stereocenters. The number of nitrogens with two attached hydrogens (primary N) is 4. The summed E-state index contributed by atoms with van der Waals surface area (Å²) in [5.74, 6) is -4.89. The average molecular weight is 525 g/mol. The molecule has 0 aliphatic rings. The van der Waals surface area contributed by atoms with E-state index < -0.39 is 66.1 Å². The SMILES string of the molecule is CC(C)C(NC(=O)C(N)CC(N)=O)C(=O)NC(CCCN=C(N)N)C(=O)NC(Cc1cnc[nH]1)C(=O)O. The normalized spacial score (nSPS) is 14.1. The van der Waals surface area contributed by atoms with Crippen LogP contribution in [0.15, 0.2) is 17.5 Å². The number of aliphatic carboxylic acids is 1. The fourth-order valence-corrected chi connectivity index (χ4v) is 3.23. The molecule has 0 radical (unpaired) electrons. The first-order valence-corrected chi connectivity index (χ1v) is 11.5. The molecule has 4 amide bonds. The molecule has 0 spiro atoms. The van der Waals surface area contributed by atoms with Gasteiger partial charge in [0, 0.05) is 24.9 Å². The van der Waals surface area contributed by atoms with Crippen LogP contribution in [-0.4, -0.2) is 81.3 Å². The van der Waals surface area contributed by atoms with Crippen LogP contribution in [0.3, 0.4) is 0 Å². The van der Waals surface area contributed by atoms with Crippen LogP contribution in [-0.2, 0) is 30.4 Å².